The molecule has 4 rings (SSSR count). The molecule has 1 N–H and O–H groups in total. The summed E-state index contributed by atoms with van der Waals surface area (Å²) in [4.78, 5) is 33.4. The van der Waals surface area contributed by atoms with Crippen LogP contribution in [0.5, 0.6) is 0 Å². The van der Waals surface area contributed by atoms with Gasteiger partial charge in [0.15, 0.2) is 0 Å². The van der Waals surface area contributed by atoms with E-state index in [1.54, 1.807) is 36.4 Å². The minimum Gasteiger partial charge on any atom is -0.463 e. The van der Waals surface area contributed by atoms with E-state index >= 15 is 0 Å². The number of ether oxygens (including phenoxy) is 2. The first-order valence-electron chi connectivity index (χ1n) is 12.2. The van der Waals surface area contributed by atoms with Gasteiger partial charge >= 0.3 is 5.97 Å². The van der Waals surface area contributed by atoms with E-state index in [2.05, 4.69) is 28.4 Å². The van der Waals surface area contributed by atoms with Crippen molar-refractivity contribution >= 4 is 51.9 Å². The zero-order valence-corrected chi connectivity index (χ0v) is 22.3. The zero-order valence-electron chi connectivity index (χ0n) is 20.7. The van der Waals surface area contributed by atoms with Crippen LogP contribution in [0, 0.1) is 0 Å². The number of nitrogens with zero attached hydrogens (tertiary/aromatic N) is 3. The number of esters is 1. The summed E-state index contributed by atoms with van der Waals surface area (Å²) in [5, 5.41) is 4.11. The third kappa shape index (κ3) is 7.10. The van der Waals surface area contributed by atoms with E-state index in [0.717, 1.165) is 11.1 Å². The highest BCUT2D eigenvalue weighted by Crippen LogP contribution is 2.33. The number of benzene rings is 1. The lowest BCUT2D eigenvalue weighted by molar-refractivity contribution is -0.147. The minimum atomic E-state index is -0.328. The number of amides is 1. The van der Waals surface area contributed by atoms with Gasteiger partial charge in [-0.2, -0.15) is 9.97 Å². The van der Waals surface area contributed by atoms with Crippen molar-refractivity contribution in [2.24, 2.45) is 0 Å². The Morgan fingerprint density at radius 3 is 2.66 bits per heavy atom. The Morgan fingerprint density at radius 1 is 1.13 bits per heavy atom. The average Bonchev–Trinajstić information content (AvgIpc) is 3.53. The molecule has 3 aromatic rings. The molecule has 0 spiro atoms. The fourth-order valence-electron chi connectivity index (χ4n) is 4.21. The number of anilines is 1. The molecule has 1 fully saturated rings. The largest absolute Gasteiger partial charge is 0.463 e. The van der Waals surface area contributed by atoms with Crippen LogP contribution < -0.4 is 5.32 Å². The van der Waals surface area contributed by atoms with E-state index in [0.29, 0.717) is 41.1 Å². The number of aromatic nitrogens is 3. The van der Waals surface area contributed by atoms with Crippen LogP contribution in [0.3, 0.4) is 0 Å². The van der Waals surface area contributed by atoms with Crippen LogP contribution in [0.1, 0.15) is 37.5 Å². The molecule has 1 aliphatic rings. The molecule has 0 radical (unpaired) electrons. The molecule has 1 amide bonds. The number of hydrogen-bond donors (Lipinski definition) is 1. The monoisotopic (exact) mass is 554 g/mol. The number of carbonyl (C=O) groups excluding carboxylic acids is 2. The standard InChI is InChI=1S/C28H28Cl2N4O4/c1-3-5-18(4-2)8-12-23(35)31-26-22-14-15-34(27(22)33-28(30)32-26)24-13-11-21(38-24)17-37-25(36)16-19-6-9-20(29)10-7-19/h3-7,9-10,14-15,21,24H,1-2,8,11-13,16-17H2,(H,31,32,33,35)/b18-5+/t21-,24+/m0/s1. The quantitative estimate of drug-likeness (QED) is 0.172. The molecule has 0 aliphatic carbocycles. The summed E-state index contributed by atoms with van der Waals surface area (Å²) in [6, 6.07) is 8.89. The van der Waals surface area contributed by atoms with Gasteiger partial charge in [-0.15, -0.1) is 0 Å². The Hall–Kier alpha value is -3.46. The highest BCUT2D eigenvalue weighted by atomic mass is 35.5. The van der Waals surface area contributed by atoms with Gasteiger partial charge in [-0.3, -0.25) is 9.59 Å². The van der Waals surface area contributed by atoms with E-state index < -0.39 is 0 Å². The summed E-state index contributed by atoms with van der Waals surface area (Å²) in [5.41, 5.74) is 2.29. The predicted octanol–water partition coefficient (Wildman–Crippen LogP) is 6.22. The highest BCUT2D eigenvalue weighted by molar-refractivity contribution is 6.30. The van der Waals surface area contributed by atoms with Gasteiger partial charge in [-0.1, -0.05) is 55.1 Å². The lowest BCUT2D eigenvalue weighted by Gasteiger charge is -2.16. The molecular weight excluding hydrogens is 527 g/mol. The smallest absolute Gasteiger partial charge is 0.310 e. The Bertz CT molecular complexity index is 1370. The maximum absolute atomic E-state index is 12.6. The first kappa shape index (κ1) is 27.6. The van der Waals surface area contributed by atoms with Crippen LogP contribution in [0.25, 0.3) is 11.0 Å². The summed E-state index contributed by atoms with van der Waals surface area (Å²) in [6.07, 6.45) is 8.79. The minimum absolute atomic E-state index is 0.0109. The number of allylic oxidation sites excluding steroid dienone is 4. The number of hydrogen-bond acceptors (Lipinski definition) is 6. The van der Waals surface area contributed by atoms with Crippen molar-refractivity contribution in [3.8, 4) is 0 Å². The second-order valence-electron chi connectivity index (χ2n) is 8.81. The maximum Gasteiger partial charge on any atom is 0.310 e. The van der Waals surface area contributed by atoms with Crippen molar-refractivity contribution in [2.75, 3.05) is 11.9 Å². The zero-order chi connectivity index (χ0) is 27.1. The first-order chi connectivity index (χ1) is 18.4. The number of carbonyl (C=O) groups is 2. The van der Waals surface area contributed by atoms with Crippen molar-refractivity contribution in [1.82, 2.24) is 14.5 Å². The van der Waals surface area contributed by atoms with Gasteiger partial charge in [0.05, 0.1) is 17.9 Å². The molecular formula is C28H28Cl2N4O4. The maximum atomic E-state index is 12.6. The van der Waals surface area contributed by atoms with Crippen LogP contribution in [0.15, 0.2) is 73.5 Å². The van der Waals surface area contributed by atoms with Gasteiger partial charge in [-0.05, 0) is 60.2 Å². The van der Waals surface area contributed by atoms with Gasteiger partial charge in [0, 0.05) is 17.6 Å². The van der Waals surface area contributed by atoms with Crippen LogP contribution in [-0.2, 0) is 25.5 Å². The van der Waals surface area contributed by atoms with Crippen LogP contribution in [0.2, 0.25) is 10.3 Å². The second kappa shape index (κ2) is 12.9. The number of fused-ring (bicyclic) bond motifs is 1. The molecule has 2 aromatic heterocycles. The summed E-state index contributed by atoms with van der Waals surface area (Å²) < 4.78 is 13.4. The third-order valence-corrected chi connectivity index (χ3v) is 6.55. The van der Waals surface area contributed by atoms with Crippen molar-refractivity contribution in [3.05, 3.63) is 89.4 Å². The lowest BCUT2D eigenvalue weighted by Crippen LogP contribution is -2.20. The summed E-state index contributed by atoms with van der Waals surface area (Å²) in [6.45, 7) is 7.58. The van der Waals surface area contributed by atoms with Gasteiger partial charge in [-0.25, -0.2) is 0 Å². The van der Waals surface area contributed by atoms with Gasteiger partial charge < -0.3 is 19.4 Å². The summed E-state index contributed by atoms with van der Waals surface area (Å²) >= 11 is 12.1. The molecule has 0 unspecified atom stereocenters. The topological polar surface area (TPSA) is 95.3 Å². The molecule has 198 valence electrons. The third-order valence-electron chi connectivity index (χ3n) is 6.12. The molecule has 0 bridgehead atoms. The molecule has 1 aromatic carbocycles. The lowest BCUT2D eigenvalue weighted by atomic mass is 10.1. The Labute approximate surface area is 230 Å². The Balaban J connectivity index is 1.36. The SMILES string of the molecule is C=C/C=C(\C=C)CCC(=O)Nc1nc(Cl)nc2c1ccn2[C@H]1CC[C@@H](COC(=O)Cc2ccc(Cl)cc2)O1. The first-order valence-corrected chi connectivity index (χ1v) is 13.0. The summed E-state index contributed by atoms with van der Waals surface area (Å²) in [7, 11) is 0. The van der Waals surface area contributed by atoms with Crippen LogP contribution >= 0.6 is 23.2 Å². The van der Waals surface area contributed by atoms with Crippen LogP contribution in [-0.4, -0.2) is 39.1 Å². The second-order valence-corrected chi connectivity index (χ2v) is 9.58. The van der Waals surface area contributed by atoms with Crippen molar-refractivity contribution < 1.29 is 19.1 Å². The van der Waals surface area contributed by atoms with E-state index in [4.69, 9.17) is 32.7 Å². The molecule has 2 atom stereocenters. The van der Waals surface area contributed by atoms with Gasteiger partial charge in [0.25, 0.3) is 0 Å². The molecule has 1 aliphatic heterocycles. The Morgan fingerprint density at radius 2 is 1.92 bits per heavy atom. The average molecular weight is 555 g/mol. The van der Waals surface area contributed by atoms with E-state index in [1.807, 2.05) is 22.9 Å². The Kier molecular flexibility index (Phi) is 9.33. The molecule has 1 saturated heterocycles. The predicted molar refractivity (Wildman–Crippen MR) is 148 cm³/mol. The van der Waals surface area contributed by atoms with Crippen molar-refractivity contribution in [3.63, 3.8) is 0 Å². The van der Waals surface area contributed by atoms with E-state index in [9.17, 15) is 9.59 Å². The molecule has 8 nitrogen and oxygen atoms in total. The fourth-order valence-corrected chi connectivity index (χ4v) is 4.50. The molecule has 38 heavy (non-hydrogen) atoms. The highest BCUT2D eigenvalue weighted by Gasteiger charge is 2.29. The summed E-state index contributed by atoms with van der Waals surface area (Å²) in [5.74, 6) is -0.198. The number of halogens is 2. The fraction of sp³-hybridized carbons (Fsp3) is 0.286. The van der Waals surface area contributed by atoms with E-state index in [1.165, 1.54) is 0 Å². The van der Waals surface area contributed by atoms with Gasteiger partial charge in [0.1, 0.15) is 24.3 Å². The molecule has 10 heteroatoms. The molecule has 0 saturated carbocycles. The van der Waals surface area contributed by atoms with Gasteiger partial charge in [0.2, 0.25) is 11.2 Å². The number of nitrogens with one attached hydrogen (secondary N) is 1. The number of rotatable bonds is 11. The normalized spacial score (nSPS) is 17.4. The van der Waals surface area contributed by atoms with E-state index in [-0.39, 0.29) is 48.9 Å². The van der Waals surface area contributed by atoms with Crippen molar-refractivity contribution in [2.45, 2.75) is 44.4 Å². The van der Waals surface area contributed by atoms with Crippen LogP contribution in [0.4, 0.5) is 5.82 Å². The van der Waals surface area contributed by atoms with Crippen molar-refractivity contribution in [1.29, 1.82) is 0 Å². The molecule has 3 heterocycles.